The van der Waals surface area contributed by atoms with Gasteiger partial charge in [-0.25, -0.2) is 9.37 Å². The highest BCUT2D eigenvalue weighted by Crippen LogP contribution is 2.53. The summed E-state index contributed by atoms with van der Waals surface area (Å²) in [6.45, 7) is 1.64. The number of halogens is 2. The monoisotopic (exact) mass is 285 g/mol. The van der Waals surface area contributed by atoms with Crippen molar-refractivity contribution < 1.29 is 9.50 Å². The van der Waals surface area contributed by atoms with Crippen LogP contribution in [-0.2, 0) is 6.54 Å². The van der Waals surface area contributed by atoms with Crippen molar-refractivity contribution in [3.63, 3.8) is 0 Å². The fraction of sp³-hybridized carbons (Fsp3) is 0.692. The maximum atomic E-state index is 13.0. The highest BCUT2D eigenvalue weighted by atomic mass is 35.5. The molecule has 6 heteroatoms. The Bertz CT molecular complexity index is 492. The Morgan fingerprint density at radius 2 is 2.42 bits per heavy atom. The van der Waals surface area contributed by atoms with Crippen molar-refractivity contribution in [2.24, 2.45) is 0 Å². The minimum absolute atomic E-state index is 0.173. The summed E-state index contributed by atoms with van der Waals surface area (Å²) >= 11 is 6.36. The van der Waals surface area contributed by atoms with E-state index in [2.05, 4.69) is 4.98 Å². The first-order chi connectivity index (χ1) is 8.90. The second kappa shape index (κ2) is 5.10. The Balaban J connectivity index is 2.17. The van der Waals surface area contributed by atoms with Crippen LogP contribution in [0.25, 0.3) is 0 Å². The molecule has 0 aromatic carbocycles. The van der Waals surface area contributed by atoms with Gasteiger partial charge in [0.1, 0.15) is 17.4 Å². The lowest BCUT2D eigenvalue weighted by Gasteiger charge is -2.34. The zero-order valence-corrected chi connectivity index (χ0v) is 11.6. The van der Waals surface area contributed by atoms with Gasteiger partial charge < -0.3 is 9.67 Å². The molecule has 0 bridgehead atoms. The summed E-state index contributed by atoms with van der Waals surface area (Å²) in [6, 6.07) is 2.01. The lowest BCUT2D eigenvalue weighted by molar-refractivity contribution is -0.00417. The molecule has 0 saturated heterocycles. The number of nitrogens with zero attached hydrogens (tertiary/aromatic N) is 3. The van der Waals surface area contributed by atoms with E-state index in [1.807, 2.05) is 6.07 Å². The van der Waals surface area contributed by atoms with Crippen molar-refractivity contribution in [3.8, 4) is 6.07 Å². The van der Waals surface area contributed by atoms with E-state index in [1.54, 1.807) is 4.57 Å². The minimum Gasteiger partial charge on any atom is -0.386 e. The van der Waals surface area contributed by atoms with Gasteiger partial charge in [-0.15, -0.1) is 11.6 Å². The van der Waals surface area contributed by atoms with Crippen LogP contribution in [0.3, 0.4) is 0 Å². The first-order valence-corrected chi connectivity index (χ1v) is 6.74. The number of hydrogen-bond acceptors (Lipinski definition) is 3. The van der Waals surface area contributed by atoms with Crippen molar-refractivity contribution in [1.29, 1.82) is 5.26 Å². The SMILES string of the molecule is CC(F)CCC(O)(Cn1cncc1C#N)C1(Cl)CC1. The van der Waals surface area contributed by atoms with Gasteiger partial charge in [-0.3, -0.25) is 0 Å². The van der Waals surface area contributed by atoms with Crippen molar-refractivity contribution in [1.82, 2.24) is 9.55 Å². The third-order valence-corrected chi connectivity index (χ3v) is 4.47. The predicted octanol–water partition coefficient (Wildman–Crippen LogP) is 2.40. The van der Waals surface area contributed by atoms with Gasteiger partial charge >= 0.3 is 0 Å². The van der Waals surface area contributed by atoms with Gasteiger partial charge in [0, 0.05) is 0 Å². The zero-order valence-electron chi connectivity index (χ0n) is 10.8. The van der Waals surface area contributed by atoms with Gasteiger partial charge in [0.15, 0.2) is 0 Å². The van der Waals surface area contributed by atoms with Crippen LogP contribution in [0.5, 0.6) is 0 Å². The topological polar surface area (TPSA) is 61.8 Å². The fourth-order valence-corrected chi connectivity index (χ4v) is 2.53. The molecular weight excluding hydrogens is 269 g/mol. The normalized spacial score (nSPS) is 21.4. The molecule has 1 aliphatic carbocycles. The van der Waals surface area contributed by atoms with Crippen LogP contribution >= 0.6 is 11.6 Å². The molecule has 1 aromatic rings. The molecule has 0 amide bonds. The lowest BCUT2D eigenvalue weighted by atomic mass is 9.90. The van der Waals surface area contributed by atoms with Gasteiger partial charge in [-0.05, 0) is 32.6 Å². The van der Waals surface area contributed by atoms with E-state index in [4.69, 9.17) is 16.9 Å². The molecule has 0 spiro atoms. The molecule has 1 aliphatic rings. The molecule has 2 rings (SSSR count). The number of nitriles is 1. The van der Waals surface area contributed by atoms with Crippen molar-refractivity contribution in [3.05, 3.63) is 18.2 Å². The standard InChI is InChI=1S/C13H17ClFN3O/c1-10(15)2-3-13(19,12(14)4-5-12)8-18-9-17-7-11(18)6-16/h7,9-10,19H,2-5,8H2,1H3. The molecule has 0 radical (unpaired) electrons. The quantitative estimate of drug-likeness (QED) is 0.817. The molecule has 1 N–H and O–H groups in total. The van der Waals surface area contributed by atoms with E-state index < -0.39 is 16.6 Å². The second-order valence-electron chi connectivity index (χ2n) is 5.33. The van der Waals surface area contributed by atoms with Crippen LogP contribution in [-0.4, -0.2) is 31.3 Å². The summed E-state index contributed by atoms with van der Waals surface area (Å²) in [5.74, 6) is 0. The number of aliphatic hydroxyl groups is 1. The first kappa shape index (κ1) is 14.3. The molecule has 4 nitrogen and oxygen atoms in total. The number of alkyl halides is 2. The second-order valence-corrected chi connectivity index (χ2v) is 6.06. The van der Waals surface area contributed by atoms with E-state index in [0.29, 0.717) is 18.5 Å². The first-order valence-electron chi connectivity index (χ1n) is 6.36. The van der Waals surface area contributed by atoms with Crippen LogP contribution < -0.4 is 0 Å². The summed E-state index contributed by atoms with van der Waals surface area (Å²) in [4.78, 5) is 3.19. The lowest BCUT2D eigenvalue weighted by Crippen LogP contribution is -2.45. The van der Waals surface area contributed by atoms with Crippen molar-refractivity contribution in [2.75, 3.05) is 0 Å². The minimum atomic E-state index is -1.21. The summed E-state index contributed by atoms with van der Waals surface area (Å²) in [5.41, 5.74) is -0.839. The molecule has 2 atom stereocenters. The average Bonchev–Trinajstić information content (AvgIpc) is 2.96. The van der Waals surface area contributed by atoms with Crippen LogP contribution in [0, 0.1) is 11.3 Å². The highest BCUT2D eigenvalue weighted by molar-refractivity contribution is 6.26. The number of aromatic nitrogens is 2. The third kappa shape index (κ3) is 2.90. The average molecular weight is 286 g/mol. The Hall–Kier alpha value is -1.12. The van der Waals surface area contributed by atoms with Crippen LogP contribution in [0.1, 0.15) is 38.3 Å². The molecule has 19 heavy (non-hydrogen) atoms. The van der Waals surface area contributed by atoms with E-state index in [9.17, 15) is 9.50 Å². The summed E-state index contributed by atoms with van der Waals surface area (Å²) in [7, 11) is 0. The van der Waals surface area contributed by atoms with Gasteiger partial charge in [-0.2, -0.15) is 5.26 Å². The van der Waals surface area contributed by atoms with Crippen LogP contribution in [0.2, 0.25) is 0 Å². The van der Waals surface area contributed by atoms with Crippen molar-refractivity contribution in [2.45, 2.75) is 55.8 Å². The van der Waals surface area contributed by atoms with Gasteiger partial charge in [0.25, 0.3) is 0 Å². The third-order valence-electron chi connectivity index (χ3n) is 3.74. The Labute approximate surface area is 116 Å². The Kier molecular flexibility index (Phi) is 3.84. The molecule has 0 aliphatic heterocycles. The number of hydrogen-bond donors (Lipinski definition) is 1. The van der Waals surface area contributed by atoms with E-state index in [1.165, 1.54) is 19.4 Å². The Morgan fingerprint density at radius 1 is 1.74 bits per heavy atom. The van der Waals surface area contributed by atoms with E-state index >= 15 is 0 Å². The molecule has 1 heterocycles. The van der Waals surface area contributed by atoms with Gasteiger partial charge in [0.2, 0.25) is 0 Å². The van der Waals surface area contributed by atoms with Crippen LogP contribution in [0.4, 0.5) is 4.39 Å². The number of rotatable bonds is 6. The van der Waals surface area contributed by atoms with E-state index in [0.717, 1.165) is 0 Å². The number of imidazole rings is 1. The maximum Gasteiger partial charge on any atom is 0.139 e. The fourth-order valence-electron chi connectivity index (χ4n) is 2.28. The summed E-state index contributed by atoms with van der Waals surface area (Å²) in [6.07, 6.45) is 3.89. The summed E-state index contributed by atoms with van der Waals surface area (Å²) in [5, 5.41) is 19.7. The Morgan fingerprint density at radius 3 is 2.95 bits per heavy atom. The highest BCUT2D eigenvalue weighted by Gasteiger charge is 2.57. The molecule has 2 unspecified atom stereocenters. The largest absolute Gasteiger partial charge is 0.386 e. The molecule has 1 aromatic heterocycles. The van der Waals surface area contributed by atoms with Crippen molar-refractivity contribution >= 4 is 11.6 Å². The smallest absolute Gasteiger partial charge is 0.139 e. The summed E-state index contributed by atoms with van der Waals surface area (Å²) < 4.78 is 14.6. The molecule has 104 valence electrons. The zero-order chi connectivity index (χ0) is 14.1. The molecular formula is C13H17ClFN3O. The van der Waals surface area contributed by atoms with Gasteiger partial charge in [-0.1, -0.05) is 0 Å². The maximum absolute atomic E-state index is 13.0. The van der Waals surface area contributed by atoms with E-state index in [-0.39, 0.29) is 19.4 Å². The molecule has 1 fully saturated rings. The predicted molar refractivity (Wildman–Crippen MR) is 69.5 cm³/mol. The van der Waals surface area contributed by atoms with Gasteiger partial charge in [0.05, 0.1) is 30.1 Å². The molecule has 1 saturated carbocycles. The van der Waals surface area contributed by atoms with Crippen LogP contribution in [0.15, 0.2) is 12.5 Å².